The summed E-state index contributed by atoms with van der Waals surface area (Å²) in [6.45, 7) is 7.30. The molecule has 0 fully saturated rings. The Hall–Kier alpha value is -4.05. The third-order valence-corrected chi connectivity index (χ3v) is 8.86. The molecule has 1 N–H and O–H groups in total. The lowest BCUT2D eigenvalue weighted by atomic mass is 10.1. The third kappa shape index (κ3) is 7.82. The molecule has 0 aliphatic carbocycles. The van der Waals surface area contributed by atoms with Crippen LogP contribution in [0.2, 0.25) is 0 Å². The molecule has 10 heteroatoms. The van der Waals surface area contributed by atoms with Crippen LogP contribution >= 0.6 is 0 Å². The van der Waals surface area contributed by atoms with Crippen LogP contribution in [-0.2, 0) is 26.2 Å². The minimum Gasteiger partial charge on any atom is -0.493 e. The Morgan fingerprint density at radius 1 is 0.881 bits per heavy atom. The maximum absolute atomic E-state index is 14.2. The molecule has 9 nitrogen and oxygen atoms in total. The minimum atomic E-state index is -4.25. The van der Waals surface area contributed by atoms with E-state index >= 15 is 0 Å². The molecule has 0 aliphatic heterocycles. The molecule has 0 spiro atoms. The summed E-state index contributed by atoms with van der Waals surface area (Å²) in [5, 5.41) is 2.99. The van der Waals surface area contributed by atoms with Gasteiger partial charge in [0.05, 0.1) is 24.8 Å². The Morgan fingerprint density at radius 2 is 1.57 bits per heavy atom. The van der Waals surface area contributed by atoms with Gasteiger partial charge in [-0.3, -0.25) is 13.9 Å². The first-order valence-electron chi connectivity index (χ1n) is 14.0. The van der Waals surface area contributed by atoms with Gasteiger partial charge in [-0.25, -0.2) is 8.42 Å². The van der Waals surface area contributed by atoms with Gasteiger partial charge in [0.1, 0.15) is 12.6 Å². The van der Waals surface area contributed by atoms with E-state index in [4.69, 9.17) is 9.47 Å². The van der Waals surface area contributed by atoms with E-state index in [-0.39, 0.29) is 29.1 Å². The summed E-state index contributed by atoms with van der Waals surface area (Å²) >= 11 is 0. The largest absolute Gasteiger partial charge is 0.493 e. The number of carbonyl (C=O) groups is 2. The zero-order valence-electron chi connectivity index (χ0n) is 25.2. The topological polar surface area (TPSA) is 105 Å². The van der Waals surface area contributed by atoms with Gasteiger partial charge in [0.2, 0.25) is 11.8 Å². The summed E-state index contributed by atoms with van der Waals surface area (Å²) in [6.07, 6.45) is 1.09. The number of benzene rings is 3. The summed E-state index contributed by atoms with van der Waals surface area (Å²) < 4.78 is 39.9. The van der Waals surface area contributed by atoms with Crippen LogP contribution in [0.5, 0.6) is 11.5 Å². The standard InChI is InChI=1S/C32H41N3O6S/c1-7-24(4)33-32(37)28(8-2)34(21-25-14-12-13-23(3)19-25)31(36)22-35(26-15-10-9-11-16-26)42(38,39)27-17-18-29(40-5)30(20-27)41-6/h9-20,24,28H,7-8,21-22H2,1-6H3,(H,33,37)/t24-,28-/m1/s1. The zero-order valence-corrected chi connectivity index (χ0v) is 26.0. The number of anilines is 1. The molecule has 0 bridgehead atoms. The molecule has 2 amide bonds. The molecule has 42 heavy (non-hydrogen) atoms. The normalized spacial score (nSPS) is 12.6. The Labute approximate surface area is 249 Å². The number of rotatable bonds is 14. The second-order valence-electron chi connectivity index (χ2n) is 10.1. The predicted molar refractivity (Wildman–Crippen MR) is 164 cm³/mol. The number of hydrogen-bond donors (Lipinski definition) is 1. The quantitative estimate of drug-likeness (QED) is 0.283. The molecular weight excluding hydrogens is 554 g/mol. The Balaban J connectivity index is 2.07. The fraction of sp³-hybridized carbons (Fsp3) is 0.375. The van der Waals surface area contributed by atoms with E-state index in [9.17, 15) is 18.0 Å². The van der Waals surface area contributed by atoms with Crippen LogP contribution in [-0.4, -0.2) is 58.0 Å². The van der Waals surface area contributed by atoms with Crippen LogP contribution in [0.1, 0.15) is 44.7 Å². The molecule has 0 aromatic heterocycles. The van der Waals surface area contributed by atoms with Crippen LogP contribution in [0, 0.1) is 6.92 Å². The second kappa shape index (κ2) is 14.7. The average molecular weight is 596 g/mol. The smallest absolute Gasteiger partial charge is 0.264 e. The molecule has 0 saturated heterocycles. The van der Waals surface area contributed by atoms with Crippen molar-refractivity contribution in [1.82, 2.24) is 10.2 Å². The highest BCUT2D eigenvalue weighted by Crippen LogP contribution is 2.32. The number of methoxy groups -OCH3 is 2. The van der Waals surface area contributed by atoms with Gasteiger partial charge in [0.25, 0.3) is 10.0 Å². The molecule has 226 valence electrons. The van der Waals surface area contributed by atoms with E-state index in [2.05, 4.69) is 5.32 Å². The lowest BCUT2D eigenvalue weighted by Crippen LogP contribution is -2.53. The van der Waals surface area contributed by atoms with Gasteiger partial charge in [-0.2, -0.15) is 0 Å². The number of aryl methyl sites for hydroxylation is 1. The van der Waals surface area contributed by atoms with Gasteiger partial charge in [-0.1, -0.05) is 61.9 Å². The van der Waals surface area contributed by atoms with Crippen LogP contribution in [0.3, 0.4) is 0 Å². The average Bonchev–Trinajstić information content (AvgIpc) is 2.99. The van der Waals surface area contributed by atoms with Crippen molar-refractivity contribution >= 4 is 27.5 Å². The second-order valence-corrected chi connectivity index (χ2v) is 12.0. The van der Waals surface area contributed by atoms with Crippen molar-refractivity contribution in [3.63, 3.8) is 0 Å². The zero-order chi connectivity index (χ0) is 30.9. The van der Waals surface area contributed by atoms with Gasteiger partial charge in [0, 0.05) is 18.7 Å². The van der Waals surface area contributed by atoms with Crippen LogP contribution in [0.4, 0.5) is 5.69 Å². The van der Waals surface area contributed by atoms with Crippen molar-refractivity contribution < 1.29 is 27.5 Å². The first-order valence-corrected chi connectivity index (χ1v) is 15.4. The van der Waals surface area contributed by atoms with Crippen molar-refractivity contribution in [1.29, 1.82) is 0 Å². The van der Waals surface area contributed by atoms with Crippen molar-refractivity contribution in [2.75, 3.05) is 25.1 Å². The van der Waals surface area contributed by atoms with Crippen LogP contribution in [0.25, 0.3) is 0 Å². The van der Waals surface area contributed by atoms with Gasteiger partial charge >= 0.3 is 0 Å². The lowest BCUT2D eigenvalue weighted by molar-refractivity contribution is -0.140. The molecule has 0 unspecified atom stereocenters. The number of nitrogens with zero attached hydrogens (tertiary/aromatic N) is 2. The fourth-order valence-corrected chi connectivity index (χ4v) is 6.03. The van der Waals surface area contributed by atoms with E-state index in [0.717, 1.165) is 21.9 Å². The van der Waals surface area contributed by atoms with E-state index in [1.165, 1.54) is 37.3 Å². The maximum Gasteiger partial charge on any atom is 0.264 e. The highest BCUT2D eigenvalue weighted by molar-refractivity contribution is 7.92. The Kier molecular flexibility index (Phi) is 11.4. The number of ether oxygens (including phenoxy) is 2. The molecule has 0 saturated carbocycles. The number of sulfonamides is 1. The van der Waals surface area contributed by atoms with E-state index in [0.29, 0.717) is 17.9 Å². The highest BCUT2D eigenvalue weighted by Gasteiger charge is 2.34. The summed E-state index contributed by atoms with van der Waals surface area (Å²) in [7, 11) is -1.36. The van der Waals surface area contributed by atoms with Gasteiger partial charge < -0.3 is 19.7 Å². The first-order chi connectivity index (χ1) is 20.0. The predicted octanol–water partition coefficient (Wildman–Crippen LogP) is 4.93. The molecule has 3 rings (SSSR count). The summed E-state index contributed by atoms with van der Waals surface area (Å²) in [5.41, 5.74) is 2.17. The number of para-hydroxylation sites is 1. The molecule has 3 aromatic carbocycles. The summed E-state index contributed by atoms with van der Waals surface area (Å²) in [6, 6.07) is 19.5. The van der Waals surface area contributed by atoms with Gasteiger partial charge in [0.15, 0.2) is 11.5 Å². The number of amides is 2. The summed E-state index contributed by atoms with van der Waals surface area (Å²) in [5.74, 6) is -0.162. The minimum absolute atomic E-state index is 0.0661. The van der Waals surface area contributed by atoms with Crippen molar-refractivity contribution in [2.24, 2.45) is 0 Å². The van der Waals surface area contributed by atoms with Crippen molar-refractivity contribution in [3.8, 4) is 11.5 Å². The fourth-order valence-electron chi connectivity index (χ4n) is 4.60. The molecule has 0 radical (unpaired) electrons. The molecular formula is C32H41N3O6S. The maximum atomic E-state index is 14.2. The highest BCUT2D eigenvalue weighted by atomic mass is 32.2. The van der Waals surface area contributed by atoms with Crippen molar-refractivity contribution in [3.05, 3.63) is 83.9 Å². The third-order valence-electron chi connectivity index (χ3n) is 7.09. The first kappa shape index (κ1) is 32.5. The monoisotopic (exact) mass is 595 g/mol. The number of carbonyl (C=O) groups excluding carboxylic acids is 2. The molecule has 2 atom stereocenters. The Morgan fingerprint density at radius 3 is 2.17 bits per heavy atom. The summed E-state index contributed by atoms with van der Waals surface area (Å²) in [4.78, 5) is 29.0. The van der Waals surface area contributed by atoms with E-state index in [1.54, 1.807) is 30.3 Å². The Bertz CT molecular complexity index is 1460. The SMILES string of the molecule is CC[C@@H](C)NC(=O)[C@@H](CC)N(Cc1cccc(C)c1)C(=O)CN(c1ccccc1)S(=O)(=O)c1ccc(OC)c(OC)c1. The van der Waals surface area contributed by atoms with Crippen LogP contribution in [0.15, 0.2) is 77.7 Å². The van der Waals surface area contributed by atoms with Gasteiger partial charge in [-0.05, 0) is 56.5 Å². The molecule has 0 heterocycles. The van der Waals surface area contributed by atoms with E-state index < -0.39 is 28.5 Å². The molecule has 0 aliphatic rings. The van der Waals surface area contributed by atoms with Gasteiger partial charge in [-0.15, -0.1) is 0 Å². The lowest BCUT2D eigenvalue weighted by Gasteiger charge is -2.33. The van der Waals surface area contributed by atoms with Crippen molar-refractivity contribution in [2.45, 2.75) is 64.1 Å². The van der Waals surface area contributed by atoms with Crippen LogP contribution < -0.4 is 19.1 Å². The molecule has 3 aromatic rings. The van der Waals surface area contributed by atoms with E-state index in [1.807, 2.05) is 52.0 Å². The number of nitrogens with one attached hydrogen (secondary N) is 1. The number of hydrogen-bond acceptors (Lipinski definition) is 6.